The molecule has 23 heavy (non-hydrogen) atoms. The Morgan fingerprint density at radius 2 is 1.91 bits per heavy atom. The van der Waals surface area contributed by atoms with Crippen LogP contribution in [0.15, 0.2) is 30.3 Å². The Balaban J connectivity index is 1.79. The number of carboxylic acids is 1. The van der Waals surface area contributed by atoms with Gasteiger partial charge in [0.1, 0.15) is 17.5 Å². The van der Waals surface area contributed by atoms with Crippen LogP contribution in [-0.4, -0.2) is 47.3 Å². The van der Waals surface area contributed by atoms with Crippen molar-refractivity contribution in [2.24, 2.45) is 0 Å². The van der Waals surface area contributed by atoms with Crippen LogP contribution in [0.2, 0.25) is 0 Å². The number of hydrogen-bond donors (Lipinski definition) is 2. The van der Waals surface area contributed by atoms with E-state index in [0.29, 0.717) is 24.9 Å². The highest BCUT2D eigenvalue weighted by Gasteiger charge is 2.14. The van der Waals surface area contributed by atoms with E-state index in [-0.39, 0.29) is 5.56 Å². The summed E-state index contributed by atoms with van der Waals surface area (Å²) >= 11 is 0. The summed E-state index contributed by atoms with van der Waals surface area (Å²) in [5.41, 5.74) is 1.03. The normalized spacial score (nSPS) is 14.6. The number of aryl methyl sites for hydroxylation is 1. The fourth-order valence-corrected chi connectivity index (χ4v) is 2.41. The first-order chi connectivity index (χ1) is 11.1. The number of rotatable bonds is 4. The molecule has 0 radical (unpaired) electrons. The predicted octanol–water partition coefficient (Wildman–Crippen LogP) is 2.06. The van der Waals surface area contributed by atoms with E-state index in [0.717, 1.165) is 24.6 Å². The van der Waals surface area contributed by atoms with Crippen molar-refractivity contribution in [3.63, 3.8) is 0 Å². The maximum atomic E-state index is 10.9. The molecule has 1 fully saturated rings. The minimum absolute atomic E-state index is 0.253. The summed E-state index contributed by atoms with van der Waals surface area (Å²) in [6.07, 6.45) is 0. The number of carboxylic acid groups (broad SMARTS) is 1. The van der Waals surface area contributed by atoms with E-state index in [1.54, 1.807) is 24.3 Å². The molecule has 1 aliphatic heterocycles. The molecule has 0 amide bonds. The lowest BCUT2D eigenvalue weighted by molar-refractivity contribution is 0.0697. The fourth-order valence-electron chi connectivity index (χ4n) is 2.41. The summed E-state index contributed by atoms with van der Waals surface area (Å²) < 4.78 is 5.36. The second kappa shape index (κ2) is 6.62. The lowest BCUT2D eigenvalue weighted by Crippen LogP contribution is -2.36. The molecule has 0 bridgehead atoms. The van der Waals surface area contributed by atoms with Crippen molar-refractivity contribution in [3.8, 4) is 0 Å². The maximum absolute atomic E-state index is 10.9. The van der Waals surface area contributed by atoms with E-state index < -0.39 is 5.97 Å². The Labute approximate surface area is 133 Å². The van der Waals surface area contributed by atoms with Gasteiger partial charge in [0.2, 0.25) is 0 Å². The molecule has 1 aromatic heterocycles. The molecule has 3 rings (SSSR count). The molecule has 7 heteroatoms. The number of benzene rings is 1. The standard InChI is InChI=1S/C16H18N4O3/c1-11-17-14(10-15(18-11)20-6-8-23-9-7-20)19-13-4-2-12(3-5-13)16(21)22/h2-5,10H,6-9H2,1H3,(H,21,22)(H,17,18,19). The van der Waals surface area contributed by atoms with E-state index in [1.165, 1.54) is 0 Å². The van der Waals surface area contributed by atoms with E-state index >= 15 is 0 Å². The second-order valence-electron chi connectivity index (χ2n) is 5.27. The van der Waals surface area contributed by atoms with Crippen molar-refractivity contribution in [2.45, 2.75) is 6.92 Å². The molecule has 0 saturated carbocycles. The van der Waals surface area contributed by atoms with Gasteiger partial charge in [0.25, 0.3) is 0 Å². The van der Waals surface area contributed by atoms with E-state index in [2.05, 4.69) is 20.2 Å². The van der Waals surface area contributed by atoms with Crippen LogP contribution < -0.4 is 10.2 Å². The highest BCUT2D eigenvalue weighted by atomic mass is 16.5. The smallest absolute Gasteiger partial charge is 0.335 e. The Morgan fingerprint density at radius 1 is 1.22 bits per heavy atom. The van der Waals surface area contributed by atoms with Gasteiger partial charge < -0.3 is 20.1 Å². The average molecular weight is 314 g/mol. The van der Waals surface area contributed by atoms with Gasteiger partial charge in [-0.3, -0.25) is 0 Å². The third-order valence-electron chi connectivity index (χ3n) is 3.56. The predicted molar refractivity (Wildman–Crippen MR) is 86.5 cm³/mol. The molecule has 2 aromatic rings. The summed E-state index contributed by atoms with van der Waals surface area (Å²) in [5.74, 6) is 1.29. The van der Waals surface area contributed by atoms with Gasteiger partial charge in [-0.05, 0) is 31.2 Å². The third kappa shape index (κ3) is 3.75. The zero-order chi connectivity index (χ0) is 16.2. The Morgan fingerprint density at radius 3 is 2.57 bits per heavy atom. The van der Waals surface area contributed by atoms with Crippen molar-refractivity contribution in [3.05, 3.63) is 41.7 Å². The molecule has 0 spiro atoms. The fraction of sp³-hybridized carbons (Fsp3) is 0.312. The van der Waals surface area contributed by atoms with Crippen molar-refractivity contribution < 1.29 is 14.6 Å². The van der Waals surface area contributed by atoms with Gasteiger partial charge in [0.15, 0.2) is 0 Å². The third-order valence-corrected chi connectivity index (χ3v) is 3.56. The lowest BCUT2D eigenvalue weighted by Gasteiger charge is -2.28. The Bertz CT molecular complexity index is 697. The minimum Gasteiger partial charge on any atom is -0.478 e. The Hall–Kier alpha value is -2.67. The first-order valence-corrected chi connectivity index (χ1v) is 7.40. The van der Waals surface area contributed by atoms with Crippen molar-refractivity contribution in [1.82, 2.24) is 9.97 Å². The summed E-state index contributed by atoms with van der Waals surface area (Å²) in [6.45, 7) is 4.86. The molecule has 0 atom stereocenters. The van der Waals surface area contributed by atoms with Crippen LogP contribution in [-0.2, 0) is 4.74 Å². The second-order valence-corrected chi connectivity index (χ2v) is 5.27. The summed E-state index contributed by atoms with van der Waals surface area (Å²) in [7, 11) is 0. The number of hydrogen-bond acceptors (Lipinski definition) is 6. The van der Waals surface area contributed by atoms with Crippen LogP contribution in [0.25, 0.3) is 0 Å². The van der Waals surface area contributed by atoms with Gasteiger partial charge in [-0.2, -0.15) is 0 Å². The summed E-state index contributed by atoms with van der Waals surface area (Å²) in [6, 6.07) is 8.44. The minimum atomic E-state index is -0.941. The number of carbonyl (C=O) groups is 1. The van der Waals surface area contributed by atoms with Gasteiger partial charge in [-0.25, -0.2) is 14.8 Å². The van der Waals surface area contributed by atoms with Gasteiger partial charge in [-0.1, -0.05) is 0 Å². The molecule has 2 N–H and O–H groups in total. The zero-order valence-electron chi connectivity index (χ0n) is 12.8. The Kier molecular flexibility index (Phi) is 4.38. The molecule has 7 nitrogen and oxygen atoms in total. The van der Waals surface area contributed by atoms with E-state index in [1.807, 2.05) is 13.0 Å². The van der Waals surface area contributed by atoms with Gasteiger partial charge in [0, 0.05) is 24.8 Å². The van der Waals surface area contributed by atoms with Crippen molar-refractivity contribution in [2.75, 3.05) is 36.5 Å². The first kappa shape index (κ1) is 15.2. The van der Waals surface area contributed by atoms with Gasteiger partial charge in [0.05, 0.1) is 18.8 Å². The number of ether oxygens (including phenoxy) is 1. The average Bonchev–Trinajstić information content (AvgIpc) is 2.55. The highest BCUT2D eigenvalue weighted by Crippen LogP contribution is 2.21. The zero-order valence-corrected chi connectivity index (χ0v) is 12.8. The number of aromatic carboxylic acids is 1. The number of aromatic nitrogens is 2. The molecular weight excluding hydrogens is 296 g/mol. The van der Waals surface area contributed by atoms with Crippen LogP contribution in [0.3, 0.4) is 0 Å². The van der Waals surface area contributed by atoms with Gasteiger partial charge in [-0.15, -0.1) is 0 Å². The summed E-state index contributed by atoms with van der Waals surface area (Å²) in [5, 5.41) is 12.1. The molecule has 1 saturated heterocycles. The van der Waals surface area contributed by atoms with Crippen LogP contribution in [0, 0.1) is 6.92 Å². The topological polar surface area (TPSA) is 87.6 Å². The van der Waals surface area contributed by atoms with Crippen LogP contribution >= 0.6 is 0 Å². The molecule has 1 aromatic carbocycles. The largest absolute Gasteiger partial charge is 0.478 e. The number of nitrogens with one attached hydrogen (secondary N) is 1. The van der Waals surface area contributed by atoms with E-state index in [9.17, 15) is 4.79 Å². The van der Waals surface area contributed by atoms with E-state index in [4.69, 9.17) is 9.84 Å². The molecule has 0 aliphatic carbocycles. The molecule has 2 heterocycles. The molecular formula is C16H18N4O3. The number of morpholine rings is 1. The van der Waals surface area contributed by atoms with Crippen LogP contribution in [0.5, 0.6) is 0 Å². The highest BCUT2D eigenvalue weighted by molar-refractivity contribution is 5.88. The lowest BCUT2D eigenvalue weighted by atomic mass is 10.2. The summed E-state index contributed by atoms with van der Waals surface area (Å²) in [4.78, 5) is 21.9. The first-order valence-electron chi connectivity index (χ1n) is 7.40. The number of anilines is 3. The molecule has 0 unspecified atom stereocenters. The van der Waals surface area contributed by atoms with Crippen molar-refractivity contribution in [1.29, 1.82) is 0 Å². The molecule has 120 valence electrons. The van der Waals surface area contributed by atoms with Crippen molar-refractivity contribution >= 4 is 23.3 Å². The quantitative estimate of drug-likeness (QED) is 0.893. The van der Waals surface area contributed by atoms with Crippen LogP contribution in [0.1, 0.15) is 16.2 Å². The monoisotopic (exact) mass is 314 g/mol. The van der Waals surface area contributed by atoms with Gasteiger partial charge >= 0.3 is 5.97 Å². The van der Waals surface area contributed by atoms with Crippen LogP contribution in [0.4, 0.5) is 17.3 Å². The maximum Gasteiger partial charge on any atom is 0.335 e. The number of nitrogens with zero attached hydrogens (tertiary/aromatic N) is 3. The molecule has 1 aliphatic rings. The SMILES string of the molecule is Cc1nc(Nc2ccc(C(=O)O)cc2)cc(N2CCOCC2)n1.